The Kier molecular flexibility index (Phi) is 4.04. The predicted octanol–water partition coefficient (Wildman–Crippen LogP) is 1.98. The third-order valence-corrected chi connectivity index (χ3v) is 4.59. The minimum absolute atomic E-state index is 0.116. The molecule has 0 aromatic heterocycles. The van der Waals surface area contributed by atoms with Crippen LogP contribution < -0.4 is 0 Å². The molecule has 7 heteroatoms. The van der Waals surface area contributed by atoms with Crippen LogP contribution in [0.15, 0.2) is 24.3 Å². The molecule has 104 valence electrons. The Morgan fingerprint density at radius 3 is 2.58 bits per heavy atom. The molecule has 0 fully saturated rings. The summed E-state index contributed by atoms with van der Waals surface area (Å²) in [6, 6.07) is 6.81. The molecule has 5 nitrogen and oxygen atoms in total. The molecule has 0 saturated carbocycles. The Morgan fingerprint density at radius 2 is 2.00 bits per heavy atom. The molecule has 0 radical (unpaired) electrons. The number of ether oxygens (including phenoxy) is 1. The van der Waals surface area contributed by atoms with E-state index in [9.17, 15) is 9.90 Å². The van der Waals surface area contributed by atoms with E-state index in [0.29, 0.717) is 11.1 Å². The first-order chi connectivity index (χ1) is 8.90. The van der Waals surface area contributed by atoms with Gasteiger partial charge in [0.15, 0.2) is 3.23 Å². The SMILES string of the molecule is COCC(Br)(Br)[C@@]1(O)c2ccccc2C(=O)N1OC. The van der Waals surface area contributed by atoms with E-state index in [-0.39, 0.29) is 6.61 Å². The molecule has 0 bridgehead atoms. The summed E-state index contributed by atoms with van der Waals surface area (Å²) in [5.74, 6) is -0.403. The number of aliphatic hydroxyl groups is 1. The van der Waals surface area contributed by atoms with Crippen LogP contribution >= 0.6 is 31.9 Å². The third-order valence-electron chi connectivity index (χ3n) is 3.03. The number of alkyl halides is 2. The molecule has 1 amide bonds. The van der Waals surface area contributed by atoms with Gasteiger partial charge in [-0.3, -0.25) is 9.63 Å². The molecule has 0 unspecified atom stereocenters. The van der Waals surface area contributed by atoms with Crippen LogP contribution in [0.2, 0.25) is 0 Å². The second-order valence-corrected chi connectivity index (χ2v) is 7.91. The molecule has 1 heterocycles. The highest BCUT2D eigenvalue weighted by Crippen LogP contribution is 2.51. The number of hydrogen-bond acceptors (Lipinski definition) is 4. The zero-order valence-electron chi connectivity index (χ0n) is 10.4. The Hall–Kier alpha value is -0.470. The van der Waals surface area contributed by atoms with Crippen molar-refractivity contribution in [2.24, 2.45) is 0 Å². The largest absolute Gasteiger partial charge is 0.382 e. The highest BCUT2D eigenvalue weighted by Gasteiger charge is 2.61. The van der Waals surface area contributed by atoms with Gasteiger partial charge < -0.3 is 9.84 Å². The summed E-state index contributed by atoms with van der Waals surface area (Å²) in [5, 5.41) is 12.0. The summed E-state index contributed by atoms with van der Waals surface area (Å²) in [6.07, 6.45) is 0. The van der Waals surface area contributed by atoms with Gasteiger partial charge in [-0.2, -0.15) is 5.06 Å². The number of benzene rings is 1. The fraction of sp³-hybridized carbons (Fsp3) is 0.417. The molecular formula is C12H13Br2NO4. The minimum atomic E-state index is -1.72. The predicted molar refractivity (Wildman–Crippen MR) is 76.0 cm³/mol. The molecule has 1 atom stereocenters. The molecule has 0 spiro atoms. The lowest BCUT2D eigenvalue weighted by Gasteiger charge is -2.41. The van der Waals surface area contributed by atoms with E-state index in [4.69, 9.17) is 9.57 Å². The second-order valence-electron chi connectivity index (χ2n) is 4.14. The summed E-state index contributed by atoms with van der Waals surface area (Å²) in [7, 11) is 2.83. The van der Waals surface area contributed by atoms with Gasteiger partial charge in [0.25, 0.3) is 5.91 Å². The molecule has 1 aliphatic heterocycles. The van der Waals surface area contributed by atoms with Crippen molar-refractivity contribution in [3.05, 3.63) is 35.4 Å². The lowest BCUT2D eigenvalue weighted by molar-refractivity contribution is -0.249. The van der Waals surface area contributed by atoms with Crippen LogP contribution in [0.4, 0.5) is 0 Å². The number of rotatable bonds is 4. The summed E-state index contributed by atoms with van der Waals surface area (Å²) < 4.78 is 3.98. The zero-order chi connectivity index (χ0) is 14.3. The van der Waals surface area contributed by atoms with Crippen molar-refractivity contribution in [1.29, 1.82) is 0 Å². The van der Waals surface area contributed by atoms with Crippen molar-refractivity contribution in [1.82, 2.24) is 5.06 Å². The van der Waals surface area contributed by atoms with E-state index < -0.39 is 14.9 Å². The number of carbonyl (C=O) groups excluding carboxylic acids is 1. The molecule has 0 aliphatic carbocycles. The first kappa shape index (κ1) is 14.9. The number of fused-ring (bicyclic) bond motifs is 1. The fourth-order valence-corrected chi connectivity index (χ4v) is 3.39. The second kappa shape index (κ2) is 5.14. The van der Waals surface area contributed by atoms with Crippen LogP contribution in [0.25, 0.3) is 0 Å². The number of methoxy groups -OCH3 is 1. The van der Waals surface area contributed by atoms with E-state index in [0.717, 1.165) is 5.06 Å². The van der Waals surface area contributed by atoms with Crippen LogP contribution in [-0.4, -0.2) is 40.1 Å². The summed E-state index contributed by atoms with van der Waals surface area (Å²) >= 11 is 6.74. The molecular weight excluding hydrogens is 382 g/mol. The van der Waals surface area contributed by atoms with Gasteiger partial charge >= 0.3 is 0 Å². The van der Waals surface area contributed by atoms with E-state index >= 15 is 0 Å². The maximum atomic E-state index is 12.3. The first-order valence-corrected chi connectivity index (χ1v) is 7.06. The Bertz CT molecular complexity index is 508. The zero-order valence-corrected chi connectivity index (χ0v) is 13.6. The maximum absolute atomic E-state index is 12.3. The van der Waals surface area contributed by atoms with Crippen LogP contribution in [0, 0.1) is 0 Å². The Morgan fingerprint density at radius 1 is 1.37 bits per heavy atom. The molecule has 1 aromatic carbocycles. The fourth-order valence-electron chi connectivity index (χ4n) is 2.18. The number of nitrogens with zero attached hydrogens (tertiary/aromatic N) is 1. The van der Waals surface area contributed by atoms with Crippen molar-refractivity contribution in [2.75, 3.05) is 20.8 Å². The van der Waals surface area contributed by atoms with Crippen molar-refractivity contribution >= 4 is 37.8 Å². The molecule has 1 N–H and O–H groups in total. The van der Waals surface area contributed by atoms with E-state index in [1.165, 1.54) is 14.2 Å². The number of halogens is 2. The summed E-state index contributed by atoms with van der Waals surface area (Å²) in [6.45, 7) is 0.116. The van der Waals surface area contributed by atoms with Gasteiger partial charge in [-0.25, -0.2) is 0 Å². The smallest absolute Gasteiger partial charge is 0.281 e. The molecule has 1 aromatic rings. The summed E-state index contributed by atoms with van der Waals surface area (Å²) in [4.78, 5) is 17.3. The van der Waals surface area contributed by atoms with Gasteiger partial charge in [-0.1, -0.05) is 50.1 Å². The van der Waals surface area contributed by atoms with Crippen molar-refractivity contribution < 1.29 is 19.5 Å². The number of amides is 1. The normalized spacial score (nSPS) is 22.8. The number of carbonyl (C=O) groups is 1. The molecule has 19 heavy (non-hydrogen) atoms. The highest BCUT2D eigenvalue weighted by atomic mass is 79.9. The van der Waals surface area contributed by atoms with Crippen LogP contribution in [0.5, 0.6) is 0 Å². The Labute approximate surface area is 127 Å². The van der Waals surface area contributed by atoms with E-state index in [1.807, 2.05) is 0 Å². The van der Waals surface area contributed by atoms with Gasteiger partial charge in [0.1, 0.15) is 0 Å². The van der Waals surface area contributed by atoms with E-state index in [2.05, 4.69) is 31.9 Å². The van der Waals surface area contributed by atoms with Crippen LogP contribution in [0.1, 0.15) is 15.9 Å². The van der Waals surface area contributed by atoms with Gasteiger partial charge in [0.2, 0.25) is 5.72 Å². The van der Waals surface area contributed by atoms with Crippen molar-refractivity contribution in [3.63, 3.8) is 0 Å². The van der Waals surface area contributed by atoms with Crippen molar-refractivity contribution in [2.45, 2.75) is 8.96 Å². The average molecular weight is 395 g/mol. The third kappa shape index (κ3) is 2.04. The average Bonchev–Trinajstić information content (AvgIpc) is 2.60. The van der Waals surface area contributed by atoms with Gasteiger partial charge in [-0.15, -0.1) is 0 Å². The molecule has 0 saturated heterocycles. The van der Waals surface area contributed by atoms with E-state index in [1.54, 1.807) is 24.3 Å². The highest BCUT2D eigenvalue weighted by molar-refractivity contribution is 9.25. The monoisotopic (exact) mass is 393 g/mol. The molecule has 2 rings (SSSR count). The number of hydroxylamine groups is 2. The van der Waals surface area contributed by atoms with Gasteiger partial charge in [-0.05, 0) is 6.07 Å². The van der Waals surface area contributed by atoms with Gasteiger partial charge in [0.05, 0.1) is 19.3 Å². The van der Waals surface area contributed by atoms with Crippen LogP contribution in [0.3, 0.4) is 0 Å². The molecule has 1 aliphatic rings. The lowest BCUT2D eigenvalue weighted by Crippen LogP contribution is -2.55. The lowest BCUT2D eigenvalue weighted by atomic mass is 9.99. The summed E-state index contributed by atoms with van der Waals surface area (Å²) in [5.41, 5.74) is -0.871. The quantitative estimate of drug-likeness (QED) is 0.793. The minimum Gasteiger partial charge on any atom is -0.382 e. The standard InChI is InChI=1S/C12H13Br2NO4/c1-18-7-11(13,14)12(17)9-6-4-3-5-8(9)10(16)15(12)19-2/h3-6,17H,7H2,1-2H3/t12-/m0/s1. The number of hydrogen-bond donors (Lipinski definition) is 1. The van der Waals surface area contributed by atoms with Crippen LogP contribution in [-0.2, 0) is 15.3 Å². The van der Waals surface area contributed by atoms with Crippen molar-refractivity contribution in [3.8, 4) is 0 Å². The Balaban J connectivity index is 2.62. The van der Waals surface area contributed by atoms with Gasteiger partial charge in [0, 0.05) is 12.7 Å². The first-order valence-electron chi connectivity index (χ1n) is 5.47. The maximum Gasteiger partial charge on any atom is 0.281 e. The topological polar surface area (TPSA) is 59.0 Å².